The number of benzene rings is 1. The van der Waals surface area contributed by atoms with Crippen LogP contribution in [0.1, 0.15) is 25.8 Å². The van der Waals surface area contributed by atoms with Crippen molar-refractivity contribution in [2.45, 2.75) is 44.1 Å². The van der Waals surface area contributed by atoms with Crippen molar-refractivity contribution in [2.24, 2.45) is 0 Å². The molecule has 208 valence electrons. The number of hydrogen-bond acceptors (Lipinski definition) is 7. The highest BCUT2D eigenvalue weighted by atomic mass is 32.2. The zero-order chi connectivity index (χ0) is 27.9. The van der Waals surface area contributed by atoms with Gasteiger partial charge in [-0.25, -0.2) is 8.42 Å². The fourth-order valence-electron chi connectivity index (χ4n) is 4.88. The maximum atomic E-state index is 13.5. The molecule has 0 bridgehead atoms. The van der Waals surface area contributed by atoms with Crippen LogP contribution in [0.5, 0.6) is 0 Å². The molecule has 8 nitrogen and oxygen atoms in total. The fourth-order valence-corrected chi connectivity index (χ4v) is 6.95. The molecule has 2 unspecified atom stereocenters. The highest BCUT2D eigenvalue weighted by Gasteiger charge is 2.51. The number of anilines is 1. The summed E-state index contributed by atoms with van der Waals surface area (Å²) in [6, 6.07) is 5.10. The van der Waals surface area contributed by atoms with Crippen LogP contribution >= 0.6 is 12.2 Å². The van der Waals surface area contributed by atoms with Crippen molar-refractivity contribution in [1.29, 1.82) is 0 Å². The molecule has 2 heterocycles. The van der Waals surface area contributed by atoms with Crippen molar-refractivity contribution in [1.82, 2.24) is 14.5 Å². The topological polar surface area (TPSA) is 93.2 Å². The Bertz CT molecular complexity index is 1250. The quantitative estimate of drug-likeness (QED) is 0.506. The summed E-state index contributed by atoms with van der Waals surface area (Å²) in [7, 11) is -3.86. The number of allylic oxidation sites excluding steroid dienone is 4. The number of carbonyl (C=O) groups is 1. The molecule has 1 aromatic carbocycles. The van der Waals surface area contributed by atoms with Crippen molar-refractivity contribution in [3.63, 3.8) is 0 Å². The molecule has 2 saturated heterocycles. The van der Waals surface area contributed by atoms with Crippen LogP contribution in [0.15, 0.2) is 47.4 Å². The van der Waals surface area contributed by atoms with Crippen molar-refractivity contribution < 1.29 is 31.5 Å². The van der Waals surface area contributed by atoms with E-state index in [1.54, 1.807) is 12.2 Å². The summed E-state index contributed by atoms with van der Waals surface area (Å²) in [5.41, 5.74) is -2.70. The Morgan fingerprint density at radius 2 is 1.87 bits per heavy atom. The first-order valence-corrected chi connectivity index (χ1v) is 14.1. The van der Waals surface area contributed by atoms with E-state index >= 15 is 0 Å². The number of thiocarbonyl (C=S) groups is 1. The molecule has 2 N–H and O–H groups in total. The molecule has 2 aliphatic heterocycles. The zero-order valence-electron chi connectivity index (χ0n) is 21.1. The minimum Gasteiger partial charge on any atom is -0.376 e. The summed E-state index contributed by atoms with van der Waals surface area (Å²) in [5.74, 6) is -0.127. The van der Waals surface area contributed by atoms with E-state index in [2.05, 4.69) is 5.32 Å². The predicted molar refractivity (Wildman–Crippen MR) is 142 cm³/mol. The molecule has 3 aliphatic rings. The summed E-state index contributed by atoms with van der Waals surface area (Å²) in [5, 5.41) is 12.8. The molecule has 2 fully saturated rings. The second-order valence-corrected chi connectivity index (χ2v) is 12.4. The molecule has 1 aliphatic carbocycles. The minimum atomic E-state index is -4.84. The number of nitrogens with one attached hydrogen (secondary N) is 1. The van der Waals surface area contributed by atoms with Gasteiger partial charge in [0, 0.05) is 55.7 Å². The van der Waals surface area contributed by atoms with Crippen molar-refractivity contribution in [3.05, 3.63) is 53.0 Å². The molecule has 0 radical (unpaired) electrons. The summed E-state index contributed by atoms with van der Waals surface area (Å²) < 4.78 is 68.4. The van der Waals surface area contributed by atoms with Crippen LogP contribution in [0.2, 0.25) is 0 Å². The first kappa shape index (κ1) is 28.7. The molecule has 13 heteroatoms. The molecule has 38 heavy (non-hydrogen) atoms. The number of sulfonamides is 1. The molecule has 1 aromatic rings. The van der Waals surface area contributed by atoms with E-state index in [1.807, 2.05) is 16.7 Å². The third kappa shape index (κ3) is 5.67. The van der Waals surface area contributed by atoms with Gasteiger partial charge in [-0.1, -0.05) is 36.5 Å². The van der Waals surface area contributed by atoms with Crippen LogP contribution in [0.3, 0.4) is 0 Å². The zero-order valence-corrected chi connectivity index (χ0v) is 22.7. The van der Waals surface area contributed by atoms with Crippen LogP contribution in [-0.4, -0.2) is 91.0 Å². The number of carbonyl (C=O) groups excluding carboxylic acids is 1. The number of alkyl halides is 3. The summed E-state index contributed by atoms with van der Waals surface area (Å²) in [6.07, 6.45) is 0.501. The highest BCUT2D eigenvalue weighted by molar-refractivity contribution is 7.96. The first-order chi connectivity index (χ1) is 17.7. The van der Waals surface area contributed by atoms with Gasteiger partial charge in [-0.2, -0.15) is 17.5 Å². The molecule has 3 atom stereocenters. The number of rotatable bonds is 6. The van der Waals surface area contributed by atoms with Crippen LogP contribution in [-0.2, 0) is 20.4 Å². The first-order valence-electron chi connectivity index (χ1n) is 12.3. The molecule has 4 rings (SSSR count). The Hall–Kier alpha value is -2.32. The van der Waals surface area contributed by atoms with Gasteiger partial charge >= 0.3 is 6.18 Å². The number of amides is 1. The summed E-state index contributed by atoms with van der Waals surface area (Å²) in [6.45, 7) is 4.20. The van der Waals surface area contributed by atoms with E-state index in [-0.39, 0.29) is 48.6 Å². The van der Waals surface area contributed by atoms with Gasteiger partial charge in [-0.3, -0.25) is 9.69 Å². The van der Waals surface area contributed by atoms with Crippen molar-refractivity contribution >= 4 is 38.7 Å². The monoisotopic (exact) mass is 572 g/mol. The molecular weight excluding hydrogens is 541 g/mol. The number of halogens is 3. The normalized spacial score (nSPS) is 25.6. The highest BCUT2D eigenvalue weighted by Crippen LogP contribution is 2.39. The Labute approximate surface area is 225 Å². The van der Waals surface area contributed by atoms with E-state index in [0.29, 0.717) is 37.0 Å². The minimum absolute atomic E-state index is 0.0181. The third-order valence-electron chi connectivity index (χ3n) is 7.35. The predicted octanol–water partition coefficient (Wildman–Crippen LogP) is 2.31. The number of piperazine rings is 2. The maximum absolute atomic E-state index is 13.5. The average molecular weight is 573 g/mol. The van der Waals surface area contributed by atoms with E-state index in [1.165, 1.54) is 34.6 Å². The van der Waals surface area contributed by atoms with Gasteiger partial charge in [-0.15, -0.1) is 0 Å². The Kier molecular flexibility index (Phi) is 8.06. The molecule has 1 amide bonds. The van der Waals surface area contributed by atoms with E-state index in [4.69, 9.17) is 12.2 Å². The van der Waals surface area contributed by atoms with Crippen molar-refractivity contribution in [3.8, 4) is 0 Å². The fraction of sp³-hybridized carbons (Fsp3) is 0.520. The van der Waals surface area contributed by atoms with Crippen LogP contribution < -0.4 is 10.2 Å². The average Bonchev–Trinajstić information content (AvgIpc) is 2.86. The lowest BCUT2D eigenvalue weighted by atomic mass is 9.95. The molecule has 0 saturated carbocycles. The van der Waals surface area contributed by atoms with Crippen LogP contribution in [0, 0.1) is 0 Å². The molecule has 0 spiro atoms. The van der Waals surface area contributed by atoms with Gasteiger partial charge in [0.25, 0.3) is 0 Å². The molecule has 0 aromatic heterocycles. The number of nitrogens with zero attached hydrogens (tertiary/aromatic N) is 3. The third-order valence-corrected chi connectivity index (χ3v) is 9.81. The van der Waals surface area contributed by atoms with Gasteiger partial charge in [-0.05, 0) is 37.6 Å². The standard InChI is InChI=1S/C25H31F3N4O4S2/c1-17-13-29-23(33)16-30(17)14-20-15-31(38(35,36)22-6-4-3-5-21(22)37)11-12-32(20)19-9-7-18(8-10-19)24(2,34)25(26,27)28/h3-4,6-10,17,20,34H,5,11-16H2,1-2H3,(H,29,33)/t17?,20-,24?/m0/s1. The summed E-state index contributed by atoms with van der Waals surface area (Å²) >= 11 is 5.31. The summed E-state index contributed by atoms with van der Waals surface area (Å²) in [4.78, 5) is 16.4. The second-order valence-electron chi connectivity index (χ2n) is 10.00. The lowest BCUT2D eigenvalue weighted by Gasteiger charge is -2.45. The largest absolute Gasteiger partial charge is 0.421 e. The lowest BCUT2D eigenvalue weighted by molar-refractivity contribution is -0.258. The van der Waals surface area contributed by atoms with Gasteiger partial charge in [0.05, 0.1) is 17.5 Å². The van der Waals surface area contributed by atoms with Gasteiger partial charge < -0.3 is 15.3 Å². The number of hydrogen-bond donors (Lipinski definition) is 2. The van der Waals surface area contributed by atoms with E-state index in [0.717, 1.165) is 0 Å². The number of aliphatic hydroxyl groups is 1. The van der Waals surface area contributed by atoms with Crippen molar-refractivity contribution in [2.75, 3.05) is 44.2 Å². The SMILES string of the molecule is CC1CNC(=O)CN1C[C@H]1CN(S(=O)(=O)C2=CC=CCC2=S)CCN1c1ccc(C(C)(O)C(F)(F)F)cc1. The molecular formula is C25H31F3N4O4S2. The Balaban J connectivity index is 1.63. The van der Waals surface area contributed by atoms with Gasteiger partial charge in [0.2, 0.25) is 15.9 Å². The van der Waals surface area contributed by atoms with Gasteiger partial charge in [0.1, 0.15) is 0 Å². The Morgan fingerprint density at radius 3 is 2.50 bits per heavy atom. The smallest absolute Gasteiger partial charge is 0.376 e. The van der Waals surface area contributed by atoms with E-state index < -0.39 is 27.8 Å². The van der Waals surface area contributed by atoms with Crippen LogP contribution in [0.25, 0.3) is 0 Å². The second kappa shape index (κ2) is 10.7. The lowest BCUT2D eigenvalue weighted by Crippen LogP contribution is -2.62. The van der Waals surface area contributed by atoms with Crippen LogP contribution in [0.4, 0.5) is 18.9 Å². The maximum Gasteiger partial charge on any atom is 0.421 e. The Morgan fingerprint density at radius 1 is 1.18 bits per heavy atom. The van der Waals surface area contributed by atoms with E-state index in [9.17, 15) is 31.5 Å². The van der Waals surface area contributed by atoms with Gasteiger partial charge in [0.15, 0.2) is 5.60 Å².